The molecule has 0 saturated heterocycles. The minimum absolute atomic E-state index is 0.603. The average Bonchev–Trinajstić information content (AvgIpc) is 2.16. The third-order valence-corrected chi connectivity index (χ3v) is 1.61. The molecule has 0 N–H and O–H groups in total. The largest absolute Gasteiger partial charge is 0.0985 e. The van der Waals surface area contributed by atoms with Crippen molar-refractivity contribution in [3.05, 3.63) is 60.8 Å². The van der Waals surface area contributed by atoms with Crippen molar-refractivity contribution >= 4 is 0 Å². The van der Waals surface area contributed by atoms with Crippen LogP contribution in [0, 0.1) is 5.92 Å². The van der Waals surface area contributed by atoms with Crippen molar-refractivity contribution in [2.24, 2.45) is 5.92 Å². The molecule has 0 rings (SSSR count). The predicted octanol–water partition coefficient (Wildman–Crippen LogP) is 4.44. The van der Waals surface area contributed by atoms with Gasteiger partial charge in [0.05, 0.1) is 0 Å². The maximum atomic E-state index is 3.75. The summed E-state index contributed by atoms with van der Waals surface area (Å²) in [6.45, 7) is 10.1. The lowest BCUT2D eigenvalue weighted by atomic mass is 10.2. The van der Waals surface area contributed by atoms with E-state index in [9.17, 15) is 0 Å². The topological polar surface area (TPSA) is 0 Å². The van der Waals surface area contributed by atoms with Gasteiger partial charge >= 0.3 is 0 Å². The summed E-state index contributed by atoms with van der Waals surface area (Å²) in [6, 6.07) is 0. The van der Waals surface area contributed by atoms with Crippen molar-refractivity contribution in [2.45, 2.75) is 20.8 Å². The third-order valence-electron chi connectivity index (χ3n) is 1.61. The molecule has 0 saturated carbocycles. The molecule has 0 nitrogen and oxygen atoms in total. The van der Waals surface area contributed by atoms with Gasteiger partial charge in [-0.2, -0.15) is 0 Å². The van der Waals surface area contributed by atoms with Crippen LogP contribution in [0.15, 0.2) is 60.8 Å². The molecule has 0 unspecified atom stereocenters. The minimum Gasteiger partial charge on any atom is -0.0985 e. The molecular formula is C14H20. The van der Waals surface area contributed by atoms with Gasteiger partial charge in [-0.05, 0) is 18.4 Å². The highest BCUT2D eigenvalue weighted by Gasteiger charge is 1.81. The molecule has 14 heavy (non-hydrogen) atoms. The molecule has 0 atom stereocenters. The Morgan fingerprint density at radius 3 is 2.36 bits per heavy atom. The molecule has 0 spiro atoms. The molecule has 0 aliphatic carbocycles. The fourth-order valence-electron chi connectivity index (χ4n) is 0.852. The summed E-state index contributed by atoms with van der Waals surface area (Å²) in [5.74, 6) is 0.603. The van der Waals surface area contributed by atoms with Crippen LogP contribution in [0.4, 0.5) is 0 Å². The molecule has 0 aliphatic heterocycles. The highest BCUT2D eigenvalue weighted by Crippen LogP contribution is 2.00. The molecule has 0 aromatic rings. The second kappa shape index (κ2) is 8.31. The van der Waals surface area contributed by atoms with Gasteiger partial charge in [0.2, 0.25) is 0 Å². The molecular weight excluding hydrogens is 168 g/mol. The number of allylic oxidation sites excluding steroid dienone is 9. The summed E-state index contributed by atoms with van der Waals surface area (Å²) >= 11 is 0. The SMILES string of the molecule is C=CC(/C=C\C=C\C(C)C)=C/C=C\C. The lowest BCUT2D eigenvalue weighted by Gasteiger charge is -1.91. The summed E-state index contributed by atoms with van der Waals surface area (Å²) in [4.78, 5) is 0. The molecule has 0 heteroatoms. The smallest absolute Gasteiger partial charge is 0.0263 e. The molecule has 0 fully saturated rings. The molecule has 0 aromatic carbocycles. The lowest BCUT2D eigenvalue weighted by molar-refractivity contribution is 0.832. The fraction of sp³-hybridized carbons (Fsp3) is 0.286. The van der Waals surface area contributed by atoms with Gasteiger partial charge in [0.15, 0.2) is 0 Å². The van der Waals surface area contributed by atoms with Gasteiger partial charge in [-0.15, -0.1) is 0 Å². The van der Waals surface area contributed by atoms with Crippen molar-refractivity contribution in [2.75, 3.05) is 0 Å². The Hall–Kier alpha value is -1.30. The third kappa shape index (κ3) is 7.35. The van der Waals surface area contributed by atoms with Crippen LogP contribution in [0.5, 0.6) is 0 Å². The van der Waals surface area contributed by atoms with Gasteiger partial charge in [-0.1, -0.05) is 69.0 Å². The first kappa shape index (κ1) is 12.7. The standard InChI is InChI=1S/C14H20/c1-5-7-11-14(6-2)12-9-8-10-13(3)4/h5-13H,2H2,1,3-4H3/b7-5-,10-8+,12-9-,14-11-. The second-order valence-corrected chi connectivity index (χ2v) is 3.38. The van der Waals surface area contributed by atoms with E-state index in [1.165, 1.54) is 0 Å². The highest BCUT2D eigenvalue weighted by molar-refractivity contribution is 5.33. The van der Waals surface area contributed by atoms with E-state index in [1.54, 1.807) is 0 Å². The zero-order valence-corrected chi connectivity index (χ0v) is 9.40. The first-order chi connectivity index (χ1) is 6.70. The maximum Gasteiger partial charge on any atom is -0.0263 e. The van der Waals surface area contributed by atoms with Crippen LogP contribution in [0.3, 0.4) is 0 Å². The van der Waals surface area contributed by atoms with E-state index < -0.39 is 0 Å². The summed E-state index contributed by atoms with van der Waals surface area (Å²) in [5.41, 5.74) is 1.12. The Morgan fingerprint density at radius 2 is 1.86 bits per heavy atom. The van der Waals surface area contributed by atoms with E-state index in [4.69, 9.17) is 0 Å². The van der Waals surface area contributed by atoms with E-state index in [0.717, 1.165) is 5.57 Å². The van der Waals surface area contributed by atoms with Crippen molar-refractivity contribution in [1.29, 1.82) is 0 Å². The van der Waals surface area contributed by atoms with Crippen LogP contribution in [0.25, 0.3) is 0 Å². The van der Waals surface area contributed by atoms with Gasteiger partial charge in [0.25, 0.3) is 0 Å². The zero-order valence-electron chi connectivity index (χ0n) is 9.40. The van der Waals surface area contributed by atoms with Crippen molar-refractivity contribution in [3.63, 3.8) is 0 Å². The van der Waals surface area contributed by atoms with Crippen molar-refractivity contribution in [1.82, 2.24) is 0 Å². The number of hydrogen-bond acceptors (Lipinski definition) is 0. The maximum absolute atomic E-state index is 3.75. The van der Waals surface area contributed by atoms with Crippen LogP contribution < -0.4 is 0 Å². The van der Waals surface area contributed by atoms with Crippen LogP contribution >= 0.6 is 0 Å². The van der Waals surface area contributed by atoms with Crippen molar-refractivity contribution < 1.29 is 0 Å². The van der Waals surface area contributed by atoms with Gasteiger partial charge in [-0.25, -0.2) is 0 Å². The summed E-state index contributed by atoms with van der Waals surface area (Å²) < 4.78 is 0. The first-order valence-electron chi connectivity index (χ1n) is 5.01. The Balaban J connectivity index is 4.25. The zero-order chi connectivity index (χ0) is 10.8. The van der Waals surface area contributed by atoms with Crippen LogP contribution in [0.2, 0.25) is 0 Å². The van der Waals surface area contributed by atoms with Gasteiger partial charge in [-0.3, -0.25) is 0 Å². The van der Waals surface area contributed by atoms with Crippen LogP contribution in [-0.4, -0.2) is 0 Å². The van der Waals surface area contributed by atoms with Crippen LogP contribution in [-0.2, 0) is 0 Å². The number of hydrogen-bond donors (Lipinski definition) is 0. The lowest BCUT2D eigenvalue weighted by Crippen LogP contribution is -1.75. The van der Waals surface area contributed by atoms with Crippen molar-refractivity contribution in [3.8, 4) is 0 Å². The summed E-state index contributed by atoms with van der Waals surface area (Å²) in [7, 11) is 0. The summed E-state index contributed by atoms with van der Waals surface area (Å²) in [6.07, 6.45) is 16.2. The second-order valence-electron chi connectivity index (χ2n) is 3.38. The normalized spacial score (nSPS) is 13.9. The molecule has 0 bridgehead atoms. The van der Waals surface area contributed by atoms with E-state index in [0.29, 0.717) is 5.92 Å². The van der Waals surface area contributed by atoms with Gasteiger partial charge in [0.1, 0.15) is 0 Å². The molecule has 0 heterocycles. The predicted molar refractivity (Wildman–Crippen MR) is 66.2 cm³/mol. The molecule has 0 radical (unpaired) electrons. The molecule has 0 aromatic heterocycles. The van der Waals surface area contributed by atoms with E-state index in [1.807, 2.05) is 43.4 Å². The van der Waals surface area contributed by atoms with Gasteiger partial charge in [0, 0.05) is 0 Å². The van der Waals surface area contributed by atoms with E-state index >= 15 is 0 Å². The monoisotopic (exact) mass is 188 g/mol. The minimum atomic E-state index is 0.603. The fourth-order valence-corrected chi connectivity index (χ4v) is 0.852. The molecule has 76 valence electrons. The Morgan fingerprint density at radius 1 is 1.14 bits per heavy atom. The Kier molecular flexibility index (Phi) is 7.53. The summed E-state index contributed by atoms with van der Waals surface area (Å²) in [5, 5.41) is 0. The quantitative estimate of drug-likeness (QED) is 0.559. The first-order valence-corrected chi connectivity index (χ1v) is 5.01. The van der Waals surface area contributed by atoms with Crippen LogP contribution in [0.1, 0.15) is 20.8 Å². The highest BCUT2D eigenvalue weighted by atomic mass is 13.9. The Bertz CT molecular complexity index is 260. The van der Waals surface area contributed by atoms with E-state index in [-0.39, 0.29) is 0 Å². The Labute approximate surface area is 88.0 Å². The molecule has 0 aliphatic rings. The van der Waals surface area contributed by atoms with E-state index in [2.05, 4.69) is 32.6 Å². The number of rotatable bonds is 5. The molecule has 0 amide bonds. The van der Waals surface area contributed by atoms with Gasteiger partial charge < -0.3 is 0 Å². The average molecular weight is 188 g/mol.